The highest BCUT2D eigenvalue weighted by Crippen LogP contribution is 2.25. The average Bonchev–Trinajstić information content (AvgIpc) is 2.77. The molecule has 0 aliphatic carbocycles. The summed E-state index contributed by atoms with van der Waals surface area (Å²) in [6.45, 7) is 1.32. The molecule has 0 unspecified atom stereocenters. The molecule has 3 aromatic rings. The molecule has 0 saturated carbocycles. The lowest BCUT2D eigenvalue weighted by molar-refractivity contribution is -0.120. The zero-order valence-electron chi connectivity index (χ0n) is 19.0. The van der Waals surface area contributed by atoms with Crippen molar-refractivity contribution in [1.82, 2.24) is 5.32 Å². The maximum absolute atomic E-state index is 12.7. The van der Waals surface area contributed by atoms with Crippen molar-refractivity contribution in [2.45, 2.75) is 17.9 Å². The van der Waals surface area contributed by atoms with Gasteiger partial charge in [-0.3, -0.25) is 9.10 Å². The molecule has 1 atom stereocenters. The molecule has 8 nitrogen and oxygen atoms in total. The Morgan fingerprint density at radius 2 is 1.41 bits per heavy atom. The number of benzene rings is 3. The van der Waals surface area contributed by atoms with E-state index in [1.165, 1.54) is 12.1 Å². The van der Waals surface area contributed by atoms with Gasteiger partial charge in [0.05, 0.1) is 22.9 Å². The van der Waals surface area contributed by atoms with Crippen LogP contribution in [0.5, 0.6) is 11.5 Å². The van der Waals surface area contributed by atoms with E-state index >= 15 is 0 Å². The lowest BCUT2D eigenvalue weighted by Crippen LogP contribution is -2.41. The van der Waals surface area contributed by atoms with Gasteiger partial charge in [0.1, 0.15) is 18.0 Å². The third kappa shape index (κ3) is 6.82. The molecule has 1 amide bonds. The SMILES string of the molecule is C[C@H](NC(=O)CN(c1ccc(Oc2ccccc2)cc1)S(C)(=O)=O)c1ccc(S(C)(=O)=O)cc1. The molecule has 0 saturated heterocycles. The number of sulfonamides is 1. The highest BCUT2D eigenvalue weighted by atomic mass is 32.2. The lowest BCUT2D eigenvalue weighted by atomic mass is 10.1. The van der Waals surface area contributed by atoms with Crippen LogP contribution in [0.15, 0.2) is 83.8 Å². The first-order valence-corrected chi connectivity index (χ1v) is 14.1. The summed E-state index contributed by atoms with van der Waals surface area (Å²) in [4.78, 5) is 12.8. The summed E-state index contributed by atoms with van der Waals surface area (Å²) in [7, 11) is -7.06. The molecule has 34 heavy (non-hydrogen) atoms. The van der Waals surface area contributed by atoms with E-state index in [2.05, 4.69) is 5.32 Å². The van der Waals surface area contributed by atoms with Gasteiger partial charge in [-0.15, -0.1) is 0 Å². The number of rotatable bonds is 9. The maximum atomic E-state index is 12.7. The molecule has 3 aromatic carbocycles. The highest BCUT2D eigenvalue weighted by molar-refractivity contribution is 7.92. The molecule has 3 rings (SSSR count). The van der Waals surface area contributed by atoms with E-state index in [0.717, 1.165) is 16.8 Å². The Morgan fingerprint density at radius 3 is 1.94 bits per heavy atom. The van der Waals surface area contributed by atoms with Crippen molar-refractivity contribution < 1.29 is 26.4 Å². The van der Waals surface area contributed by atoms with Gasteiger partial charge in [-0.2, -0.15) is 0 Å². The van der Waals surface area contributed by atoms with E-state index in [0.29, 0.717) is 22.7 Å². The molecule has 0 spiro atoms. The summed E-state index contributed by atoms with van der Waals surface area (Å²) >= 11 is 0. The van der Waals surface area contributed by atoms with Gasteiger partial charge < -0.3 is 10.1 Å². The van der Waals surface area contributed by atoms with E-state index in [-0.39, 0.29) is 4.90 Å². The fourth-order valence-electron chi connectivity index (χ4n) is 3.21. The zero-order valence-corrected chi connectivity index (χ0v) is 20.6. The molecule has 0 aliphatic heterocycles. The minimum Gasteiger partial charge on any atom is -0.457 e. The second-order valence-electron chi connectivity index (χ2n) is 7.81. The van der Waals surface area contributed by atoms with Crippen molar-refractivity contribution in [3.05, 3.63) is 84.4 Å². The van der Waals surface area contributed by atoms with Crippen molar-refractivity contribution in [3.63, 3.8) is 0 Å². The van der Waals surface area contributed by atoms with Crippen LogP contribution < -0.4 is 14.4 Å². The largest absolute Gasteiger partial charge is 0.457 e. The van der Waals surface area contributed by atoms with Crippen LogP contribution in [0.3, 0.4) is 0 Å². The van der Waals surface area contributed by atoms with Gasteiger partial charge in [0.15, 0.2) is 9.84 Å². The van der Waals surface area contributed by atoms with Crippen LogP contribution in [0, 0.1) is 0 Å². The molecular formula is C24H26N2O6S2. The molecule has 0 aromatic heterocycles. The molecule has 1 N–H and O–H groups in total. The number of hydrogen-bond donors (Lipinski definition) is 1. The quantitative estimate of drug-likeness (QED) is 0.479. The van der Waals surface area contributed by atoms with Gasteiger partial charge in [0, 0.05) is 6.26 Å². The second-order valence-corrected chi connectivity index (χ2v) is 11.7. The Morgan fingerprint density at radius 1 is 0.853 bits per heavy atom. The number of amides is 1. The van der Waals surface area contributed by atoms with Crippen LogP contribution in [0.4, 0.5) is 5.69 Å². The number of carbonyl (C=O) groups is 1. The number of carbonyl (C=O) groups excluding carboxylic acids is 1. The Labute approximate surface area is 200 Å². The number of ether oxygens (including phenoxy) is 1. The lowest BCUT2D eigenvalue weighted by Gasteiger charge is -2.23. The number of anilines is 1. The van der Waals surface area contributed by atoms with Gasteiger partial charge in [0.2, 0.25) is 15.9 Å². The van der Waals surface area contributed by atoms with E-state index in [1.54, 1.807) is 55.5 Å². The smallest absolute Gasteiger partial charge is 0.241 e. The third-order valence-corrected chi connectivity index (χ3v) is 7.25. The van der Waals surface area contributed by atoms with E-state index < -0.39 is 38.4 Å². The summed E-state index contributed by atoms with van der Waals surface area (Å²) in [5.74, 6) is 0.668. The minimum absolute atomic E-state index is 0.178. The predicted octanol–water partition coefficient (Wildman–Crippen LogP) is 3.53. The highest BCUT2D eigenvalue weighted by Gasteiger charge is 2.22. The van der Waals surface area contributed by atoms with Crippen molar-refractivity contribution in [2.24, 2.45) is 0 Å². The van der Waals surface area contributed by atoms with E-state index in [9.17, 15) is 21.6 Å². The van der Waals surface area contributed by atoms with Gasteiger partial charge >= 0.3 is 0 Å². The fraction of sp³-hybridized carbons (Fsp3) is 0.208. The fourth-order valence-corrected chi connectivity index (χ4v) is 4.70. The first-order chi connectivity index (χ1) is 15.9. The Kier molecular flexibility index (Phi) is 7.63. The topological polar surface area (TPSA) is 110 Å². The van der Waals surface area contributed by atoms with Crippen molar-refractivity contribution in [3.8, 4) is 11.5 Å². The number of nitrogens with zero attached hydrogens (tertiary/aromatic N) is 1. The summed E-state index contributed by atoms with van der Waals surface area (Å²) in [5, 5.41) is 2.75. The second kappa shape index (κ2) is 10.3. The number of hydrogen-bond acceptors (Lipinski definition) is 6. The molecule has 10 heteroatoms. The monoisotopic (exact) mass is 502 g/mol. The van der Waals surface area contributed by atoms with Crippen LogP contribution >= 0.6 is 0 Å². The van der Waals surface area contributed by atoms with Crippen LogP contribution in [-0.4, -0.2) is 41.8 Å². The Hall–Kier alpha value is -3.37. The van der Waals surface area contributed by atoms with Crippen LogP contribution in [0.25, 0.3) is 0 Å². The van der Waals surface area contributed by atoms with Crippen molar-refractivity contribution >= 4 is 31.5 Å². The molecular weight excluding hydrogens is 476 g/mol. The van der Waals surface area contributed by atoms with Crippen LogP contribution in [0.2, 0.25) is 0 Å². The molecule has 0 radical (unpaired) electrons. The van der Waals surface area contributed by atoms with Gasteiger partial charge in [-0.05, 0) is 61.0 Å². The van der Waals surface area contributed by atoms with E-state index in [4.69, 9.17) is 4.74 Å². The van der Waals surface area contributed by atoms with Gasteiger partial charge in [0.25, 0.3) is 0 Å². The minimum atomic E-state index is -3.74. The first kappa shape index (κ1) is 25.3. The van der Waals surface area contributed by atoms with Crippen LogP contribution in [0.1, 0.15) is 18.5 Å². The van der Waals surface area contributed by atoms with Crippen molar-refractivity contribution in [2.75, 3.05) is 23.4 Å². The van der Waals surface area contributed by atoms with Crippen LogP contribution in [-0.2, 0) is 24.7 Å². The summed E-state index contributed by atoms with van der Waals surface area (Å²) < 4.78 is 54.7. The maximum Gasteiger partial charge on any atom is 0.241 e. The summed E-state index contributed by atoms with van der Waals surface area (Å²) in [5.41, 5.74) is 1.01. The number of nitrogens with one attached hydrogen (secondary N) is 1. The average molecular weight is 503 g/mol. The standard InChI is InChI=1S/C24H26N2O6S2/c1-18(19-9-15-23(16-10-19)33(2,28)29)25-24(27)17-26(34(3,30)31)20-11-13-22(14-12-20)32-21-7-5-4-6-8-21/h4-16,18H,17H2,1-3H3,(H,25,27)/t18-/m0/s1. The van der Waals surface area contributed by atoms with E-state index in [1.807, 2.05) is 18.2 Å². The van der Waals surface area contributed by atoms with Gasteiger partial charge in [-0.25, -0.2) is 16.8 Å². The normalized spacial score (nSPS) is 12.6. The summed E-state index contributed by atoms with van der Waals surface area (Å²) in [6.07, 6.45) is 2.15. The third-order valence-electron chi connectivity index (χ3n) is 4.98. The molecule has 180 valence electrons. The molecule has 0 fully saturated rings. The molecule has 0 aliphatic rings. The Balaban J connectivity index is 1.69. The predicted molar refractivity (Wildman–Crippen MR) is 131 cm³/mol. The first-order valence-electron chi connectivity index (χ1n) is 10.3. The zero-order chi connectivity index (χ0) is 24.9. The van der Waals surface area contributed by atoms with Gasteiger partial charge in [-0.1, -0.05) is 30.3 Å². The number of para-hydroxylation sites is 1. The van der Waals surface area contributed by atoms with Crippen molar-refractivity contribution in [1.29, 1.82) is 0 Å². The summed E-state index contributed by atoms with van der Waals surface area (Å²) in [6, 6.07) is 21.3. The molecule has 0 heterocycles. The molecule has 0 bridgehead atoms. The Bertz CT molecular complexity index is 1340. The number of sulfone groups is 1.